The van der Waals surface area contributed by atoms with Crippen LogP contribution in [-0.4, -0.2) is 33.7 Å². The van der Waals surface area contributed by atoms with Gasteiger partial charge in [-0.2, -0.15) is 0 Å². The highest BCUT2D eigenvalue weighted by Gasteiger charge is 2.10. The smallest absolute Gasteiger partial charge is 0.357 e. The minimum Gasteiger partial charge on any atom is -0.461 e. The van der Waals surface area contributed by atoms with Crippen molar-refractivity contribution in [1.29, 1.82) is 0 Å². The standard InChI is InChI=1S/C13H18N4O2S/c1-2-19-12(18)11-9-20-13(16-11)15-5-3-4-7-17-8-6-14-10-17/h6,8-10H,2-5,7H2,1H3,(H,15,16). The van der Waals surface area contributed by atoms with E-state index in [1.54, 1.807) is 18.5 Å². The lowest BCUT2D eigenvalue weighted by molar-refractivity contribution is 0.0520. The fourth-order valence-corrected chi connectivity index (χ4v) is 2.40. The molecule has 20 heavy (non-hydrogen) atoms. The Morgan fingerprint density at radius 3 is 3.15 bits per heavy atom. The molecule has 0 fully saturated rings. The maximum atomic E-state index is 11.5. The Bertz CT molecular complexity index is 524. The lowest BCUT2D eigenvalue weighted by atomic mass is 10.3. The molecule has 0 atom stereocenters. The Morgan fingerprint density at radius 2 is 2.40 bits per heavy atom. The van der Waals surface area contributed by atoms with Crippen molar-refractivity contribution in [3.63, 3.8) is 0 Å². The van der Waals surface area contributed by atoms with Crippen LogP contribution in [0.25, 0.3) is 0 Å². The Morgan fingerprint density at radius 1 is 1.50 bits per heavy atom. The molecular weight excluding hydrogens is 276 g/mol. The summed E-state index contributed by atoms with van der Waals surface area (Å²) in [5, 5.41) is 5.69. The highest BCUT2D eigenvalue weighted by atomic mass is 32.1. The highest BCUT2D eigenvalue weighted by molar-refractivity contribution is 7.13. The Hall–Kier alpha value is -1.89. The van der Waals surface area contributed by atoms with Gasteiger partial charge in [-0.3, -0.25) is 0 Å². The summed E-state index contributed by atoms with van der Waals surface area (Å²) >= 11 is 1.42. The van der Waals surface area contributed by atoms with Gasteiger partial charge in [0.15, 0.2) is 10.8 Å². The number of ether oxygens (including phenoxy) is 1. The Kier molecular flexibility index (Phi) is 5.55. The number of carbonyl (C=O) groups is 1. The number of esters is 1. The molecule has 0 radical (unpaired) electrons. The first-order valence-corrected chi connectivity index (χ1v) is 7.50. The molecule has 2 heterocycles. The number of hydrogen-bond acceptors (Lipinski definition) is 6. The molecule has 0 amide bonds. The molecule has 0 unspecified atom stereocenters. The topological polar surface area (TPSA) is 69.0 Å². The predicted molar refractivity (Wildman–Crippen MR) is 78.0 cm³/mol. The van der Waals surface area contributed by atoms with Crippen molar-refractivity contribution < 1.29 is 9.53 Å². The molecule has 1 N–H and O–H groups in total. The van der Waals surface area contributed by atoms with E-state index >= 15 is 0 Å². The van der Waals surface area contributed by atoms with Crippen molar-refractivity contribution in [2.45, 2.75) is 26.3 Å². The lowest BCUT2D eigenvalue weighted by Gasteiger charge is -2.03. The van der Waals surface area contributed by atoms with E-state index in [9.17, 15) is 4.79 Å². The van der Waals surface area contributed by atoms with Gasteiger partial charge in [0.05, 0.1) is 12.9 Å². The van der Waals surface area contributed by atoms with Crippen LogP contribution in [0.3, 0.4) is 0 Å². The third-order valence-corrected chi connectivity index (χ3v) is 3.47. The number of unbranched alkanes of at least 4 members (excludes halogenated alkanes) is 1. The third kappa shape index (κ3) is 4.34. The first-order chi connectivity index (χ1) is 9.79. The Balaban J connectivity index is 1.65. The van der Waals surface area contributed by atoms with E-state index in [1.807, 2.05) is 12.5 Å². The van der Waals surface area contributed by atoms with Gasteiger partial charge in [-0.05, 0) is 19.8 Å². The summed E-state index contributed by atoms with van der Waals surface area (Å²) in [6.07, 6.45) is 7.66. The SMILES string of the molecule is CCOC(=O)c1csc(NCCCCn2ccnc2)n1. The van der Waals surface area contributed by atoms with Crippen molar-refractivity contribution in [1.82, 2.24) is 14.5 Å². The van der Waals surface area contributed by atoms with Gasteiger partial charge in [-0.25, -0.2) is 14.8 Å². The number of hydrogen-bond donors (Lipinski definition) is 1. The van der Waals surface area contributed by atoms with Crippen LogP contribution in [-0.2, 0) is 11.3 Å². The summed E-state index contributed by atoms with van der Waals surface area (Å²) in [6.45, 7) is 3.95. The van der Waals surface area contributed by atoms with Gasteiger partial charge in [0.1, 0.15) is 0 Å². The van der Waals surface area contributed by atoms with Crippen molar-refractivity contribution in [2.24, 2.45) is 0 Å². The van der Waals surface area contributed by atoms with E-state index in [0.717, 1.165) is 31.1 Å². The number of thiazole rings is 1. The normalized spacial score (nSPS) is 10.4. The van der Waals surface area contributed by atoms with Gasteiger partial charge in [0.2, 0.25) is 0 Å². The maximum Gasteiger partial charge on any atom is 0.357 e. The van der Waals surface area contributed by atoms with Gasteiger partial charge in [-0.15, -0.1) is 11.3 Å². The molecule has 0 spiro atoms. The maximum absolute atomic E-state index is 11.5. The zero-order chi connectivity index (χ0) is 14.2. The Labute approximate surface area is 121 Å². The van der Waals surface area contributed by atoms with E-state index in [0.29, 0.717) is 12.3 Å². The van der Waals surface area contributed by atoms with E-state index in [4.69, 9.17) is 4.74 Å². The van der Waals surface area contributed by atoms with Crippen LogP contribution in [0.1, 0.15) is 30.3 Å². The highest BCUT2D eigenvalue weighted by Crippen LogP contribution is 2.16. The number of aromatic nitrogens is 3. The number of rotatable bonds is 8. The van der Waals surface area contributed by atoms with Crippen LogP contribution in [0, 0.1) is 0 Å². The summed E-state index contributed by atoms with van der Waals surface area (Å²) in [7, 11) is 0. The molecule has 2 aromatic heterocycles. The van der Waals surface area contributed by atoms with Gasteiger partial charge in [-0.1, -0.05) is 0 Å². The summed E-state index contributed by atoms with van der Waals surface area (Å²) in [4.78, 5) is 19.6. The van der Waals surface area contributed by atoms with Gasteiger partial charge in [0.25, 0.3) is 0 Å². The molecule has 0 aliphatic heterocycles. The number of nitrogens with one attached hydrogen (secondary N) is 1. The molecule has 0 aliphatic rings. The number of nitrogens with zero attached hydrogens (tertiary/aromatic N) is 3. The van der Waals surface area contributed by atoms with Crippen molar-refractivity contribution in [2.75, 3.05) is 18.5 Å². The molecule has 108 valence electrons. The third-order valence-electron chi connectivity index (χ3n) is 2.67. The molecule has 7 heteroatoms. The minimum absolute atomic E-state index is 0.364. The molecule has 0 saturated heterocycles. The average Bonchev–Trinajstić information content (AvgIpc) is 3.09. The van der Waals surface area contributed by atoms with E-state index in [-0.39, 0.29) is 5.97 Å². The molecule has 0 aliphatic carbocycles. The second-order valence-electron chi connectivity index (χ2n) is 4.19. The number of imidazole rings is 1. The fraction of sp³-hybridized carbons (Fsp3) is 0.462. The van der Waals surface area contributed by atoms with E-state index in [2.05, 4.69) is 19.9 Å². The summed E-state index contributed by atoms with van der Waals surface area (Å²) in [6, 6.07) is 0. The van der Waals surface area contributed by atoms with Crippen molar-refractivity contribution in [3.05, 3.63) is 29.8 Å². The summed E-state index contributed by atoms with van der Waals surface area (Å²) in [5.41, 5.74) is 0.373. The van der Waals surface area contributed by atoms with Crippen LogP contribution in [0.2, 0.25) is 0 Å². The van der Waals surface area contributed by atoms with Crippen LogP contribution in [0.4, 0.5) is 5.13 Å². The summed E-state index contributed by atoms with van der Waals surface area (Å²) < 4.78 is 6.95. The van der Waals surface area contributed by atoms with Crippen molar-refractivity contribution in [3.8, 4) is 0 Å². The first kappa shape index (κ1) is 14.5. The van der Waals surface area contributed by atoms with E-state index in [1.165, 1.54) is 11.3 Å². The lowest BCUT2D eigenvalue weighted by Crippen LogP contribution is -2.06. The average molecular weight is 294 g/mol. The molecule has 6 nitrogen and oxygen atoms in total. The minimum atomic E-state index is -0.364. The fourth-order valence-electron chi connectivity index (χ4n) is 1.69. The molecule has 0 saturated carbocycles. The zero-order valence-corrected chi connectivity index (χ0v) is 12.2. The van der Waals surface area contributed by atoms with E-state index < -0.39 is 0 Å². The monoisotopic (exact) mass is 294 g/mol. The van der Waals surface area contributed by atoms with Gasteiger partial charge < -0.3 is 14.6 Å². The van der Waals surface area contributed by atoms with Crippen LogP contribution < -0.4 is 5.32 Å². The molecule has 0 aromatic carbocycles. The largest absolute Gasteiger partial charge is 0.461 e. The molecule has 2 rings (SSSR count). The van der Waals surface area contributed by atoms with Gasteiger partial charge >= 0.3 is 5.97 Å². The summed E-state index contributed by atoms with van der Waals surface area (Å²) in [5.74, 6) is -0.364. The van der Waals surface area contributed by atoms with Crippen LogP contribution in [0.15, 0.2) is 24.1 Å². The van der Waals surface area contributed by atoms with Crippen LogP contribution >= 0.6 is 11.3 Å². The first-order valence-electron chi connectivity index (χ1n) is 6.62. The molecule has 2 aromatic rings. The van der Waals surface area contributed by atoms with Crippen molar-refractivity contribution >= 4 is 22.4 Å². The zero-order valence-electron chi connectivity index (χ0n) is 11.4. The quantitative estimate of drug-likeness (QED) is 0.598. The second-order valence-corrected chi connectivity index (χ2v) is 5.05. The number of anilines is 1. The number of carbonyl (C=O) groups excluding carboxylic acids is 1. The van der Waals surface area contributed by atoms with Crippen LogP contribution in [0.5, 0.6) is 0 Å². The van der Waals surface area contributed by atoms with Gasteiger partial charge in [0, 0.05) is 30.9 Å². The predicted octanol–water partition coefficient (Wildman–Crippen LogP) is 2.41. The second kappa shape index (κ2) is 7.64. The molecular formula is C13H18N4O2S. The molecule has 0 bridgehead atoms. The number of aryl methyl sites for hydroxylation is 1.